The largest absolute Gasteiger partial charge is 0.497 e. The molecule has 0 aliphatic carbocycles. The Morgan fingerprint density at radius 2 is 2.00 bits per heavy atom. The summed E-state index contributed by atoms with van der Waals surface area (Å²) in [6.07, 6.45) is 3.64. The van der Waals surface area contributed by atoms with Gasteiger partial charge in [0.25, 0.3) is 0 Å². The van der Waals surface area contributed by atoms with E-state index < -0.39 is 0 Å². The molecule has 2 aliphatic rings. The number of hydrogen-bond acceptors (Lipinski definition) is 5. The smallest absolute Gasteiger partial charge is 0.119 e. The molecule has 0 bridgehead atoms. The summed E-state index contributed by atoms with van der Waals surface area (Å²) in [5.74, 6) is 0.917. The van der Waals surface area contributed by atoms with Crippen LogP contribution in [0.3, 0.4) is 0 Å². The van der Waals surface area contributed by atoms with Crippen LogP contribution in [0.2, 0.25) is 0 Å². The first kappa shape index (κ1) is 17.7. The molecule has 1 spiro atoms. The van der Waals surface area contributed by atoms with Crippen LogP contribution < -0.4 is 4.74 Å². The highest BCUT2D eigenvalue weighted by atomic mass is 16.5. The Morgan fingerprint density at radius 1 is 1.17 bits per heavy atom. The van der Waals surface area contributed by atoms with Crippen LogP contribution in [0.1, 0.15) is 24.8 Å². The van der Waals surface area contributed by atoms with E-state index in [1.807, 2.05) is 6.07 Å². The Morgan fingerprint density at radius 3 is 2.75 bits per heavy atom. The third-order valence-corrected chi connectivity index (χ3v) is 5.69. The molecule has 2 aliphatic heterocycles. The van der Waals surface area contributed by atoms with Crippen molar-refractivity contribution >= 4 is 0 Å². The van der Waals surface area contributed by atoms with Gasteiger partial charge in [0.05, 0.1) is 26.4 Å². The van der Waals surface area contributed by atoms with E-state index in [1.54, 1.807) is 7.11 Å². The molecule has 5 heteroatoms. The van der Waals surface area contributed by atoms with Crippen LogP contribution in [0.5, 0.6) is 5.75 Å². The maximum absolute atomic E-state index is 9.45. The molecule has 3 rings (SSSR count). The molecule has 2 fully saturated rings. The highest BCUT2D eigenvalue weighted by Gasteiger charge is 2.42. The molecule has 0 amide bonds. The van der Waals surface area contributed by atoms with Gasteiger partial charge >= 0.3 is 0 Å². The van der Waals surface area contributed by atoms with Crippen molar-refractivity contribution in [2.45, 2.75) is 31.8 Å². The maximum Gasteiger partial charge on any atom is 0.119 e. The van der Waals surface area contributed by atoms with E-state index >= 15 is 0 Å². The van der Waals surface area contributed by atoms with Gasteiger partial charge in [0, 0.05) is 19.6 Å². The summed E-state index contributed by atoms with van der Waals surface area (Å²) < 4.78 is 5.33. The van der Waals surface area contributed by atoms with Crippen LogP contribution in [0.15, 0.2) is 24.3 Å². The average Bonchev–Trinajstić information content (AvgIpc) is 2.99. The lowest BCUT2D eigenvalue weighted by Crippen LogP contribution is -2.46. The topological polar surface area (TPSA) is 56.2 Å². The van der Waals surface area contributed by atoms with Crippen molar-refractivity contribution in [2.24, 2.45) is 5.41 Å². The van der Waals surface area contributed by atoms with Crippen molar-refractivity contribution in [3.05, 3.63) is 29.8 Å². The molecule has 2 N–H and O–H groups in total. The van der Waals surface area contributed by atoms with Crippen molar-refractivity contribution in [3.63, 3.8) is 0 Å². The third-order valence-electron chi connectivity index (χ3n) is 5.69. The summed E-state index contributed by atoms with van der Waals surface area (Å²) >= 11 is 0. The number of aliphatic hydroxyl groups excluding tert-OH is 2. The normalized spacial score (nSPS) is 25.7. The van der Waals surface area contributed by atoms with Gasteiger partial charge in [0.15, 0.2) is 0 Å². The highest BCUT2D eigenvalue weighted by molar-refractivity contribution is 5.28. The standard InChI is InChI=1S/C19H30N2O3/c1-24-18-5-2-4-16(10-18)11-20-8-3-6-19(14-20)7-9-21(15-19)17(12-22)13-23/h2,4-5,10,17,22-23H,3,6-9,11-15H2,1H3/t19-/m0/s1. The number of benzene rings is 1. The summed E-state index contributed by atoms with van der Waals surface area (Å²) in [6, 6.07) is 8.23. The summed E-state index contributed by atoms with van der Waals surface area (Å²) in [7, 11) is 1.71. The Labute approximate surface area is 144 Å². The molecule has 1 aromatic rings. The Bertz CT molecular complexity index is 535. The monoisotopic (exact) mass is 334 g/mol. The van der Waals surface area contributed by atoms with E-state index in [4.69, 9.17) is 4.74 Å². The highest BCUT2D eigenvalue weighted by Crippen LogP contribution is 2.40. The summed E-state index contributed by atoms with van der Waals surface area (Å²) in [6.45, 7) is 5.27. The van der Waals surface area contributed by atoms with Gasteiger partial charge in [-0.2, -0.15) is 0 Å². The van der Waals surface area contributed by atoms with E-state index in [2.05, 4.69) is 28.0 Å². The van der Waals surface area contributed by atoms with Gasteiger partial charge in [0.2, 0.25) is 0 Å². The Hall–Kier alpha value is -1.14. The number of likely N-dealkylation sites (tertiary alicyclic amines) is 2. The molecule has 0 saturated carbocycles. The van der Waals surface area contributed by atoms with Crippen LogP contribution >= 0.6 is 0 Å². The molecule has 0 unspecified atom stereocenters. The first-order chi connectivity index (χ1) is 11.7. The zero-order chi connectivity index (χ0) is 17.0. The van der Waals surface area contributed by atoms with Gasteiger partial charge in [-0.1, -0.05) is 12.1 Å². The number of ether oxygens (including phenoxy) is 1. The van der Waals surface area contributed by atoms with Crippen LogP contribution in [0.4, 0.5) is 0 Å². The SMILES string of the molecule is COc1cccc(CN2CCC[C@]3(CCN(C(CO)CO)C3)C2)c1. The first-order valence-corrected chi connectivity index (χ1v) is 8.99. The molecule has 5 nitrogen and oxygen atoms in total. The van der Waals surface area contributed by atoms with Crippen LogP contribution in [-0.2, 0) is 6.54 Å². The second-order valence-corrected chi connectivity index (χ2v) is 7.41. The molecule has 1 atom stereocenters. The average molecular weight is 334 g/mol. The van der Waals surface area contributed by atoms with E-state index in [1.165, 1.54) is 18.4 Å². The fourth-order valence-corrected chi connectivity index (χ4v) is 4.38. The minimum atomic E-state index is -0.0989. The van der Waals surface area contributed by atoms with Crippen molar-refractivity contribution in [1.29, 1.82) is 0 Å². The molecular weight excluding hydrogens is 304 g/mol. The Kier molecular flexibility index (Phi) is 5.76. The van der Waals surface area contributed by atoms with Gasteiger partial charge < -0.3 is 14.9 Å². The number of aliphatic hydroxyl groups is 2. The molecule has 2 heterocycles. The molecule has 0 aromatic heterocycles. The molecule has 0 radical (unpaired) electrons. The zero-order valence-electron chi connectivity index (χ0n) is 14.7. The number of hydrogen-bond donors (Lipinski definition) is 2. The summed E-state index contributed by atoms with van der Waals surface area (Å²) in [5.41, 5.74) is 1.62. The third kappa shape index (κ3) is 3.91. The maximum atomic E-state index is 9.45. The van der Waals surface area contributed by atoms with Crippen LogP contribution in [-0.4, -0.2) is 72.6 Å². The molecular formula is C19H30N2O3. The van der Waals surface area contributed by atoms with E-state index in [9.17, 15) is 10.2 Å². The fraction of sp³-hybridized carbons (Fsp3) is 0.684. The second-order valence-electron chi connectivity index (χ2n) is 7.41. The van der Waals surface area contributed by atoms with E-state index in [-0.39, 0.29) is 19.3 Å². The van der Waals surface area contributed by atoms with Crippen LogP contribution in [0, 0.1) is 5.41 Å². The fourth-order valence-electron chi connectivity index (χ4n) is 4.38. The molecule has 134 valence electrons. The minimum absolute atomic E-state index is 0.0418. The van der Waals surface area contributed by atoms with Gasteiger partial charge in [-0.15, -0.1) is 0 Å². The molecule has 2 saturated heterocycles. The van der Waals surface area contributed by atoms with Crippen molar-refractivity contribution in [3.8, 4) is 5.75 Å². The predicted molar refractivity (Wildman–Crippen MR) is 94.1 cm³/mol. The van der Waals surface area contributed by atoms with Gasteiger partial charge in [-0.25, -0.2) is 0 Å². The lowest BCUT2D eigenvalue weighted by molar-refractivity contribution is 0.0556. The lowest BCUT2D eigenvalue weighted by atomic mass is 9.79. The van der Waals surface area contributed by atoms with Crippen molar-refractivity contribution in [1.82, 2.24) is 9.80 Å². The second kappa shape index (κ2) is 7.83. The quantitative estimate of drug-likeness (QED) is 0.822. The Balaban J connectivity index is 1.62. The molecule has 24 heavy (non-hydrogen) atoms. The first-order valence-electron chi connectivity index (χ1n) is 8.99. The van der Waals surface area contributed by atoms with Crippen molar-refractivity contribution in [2.75, 3.05) is 46.5 Å². The van der Waals surface area contributed by atoms with Crippen molar-refractivity contribution < 1.29 is 14.9 Å². The zero-order valence-corrected chi connectivity index (χ0v) is 14.7. The van der Waals surface area contributed by atoms with E-state index in [0.29, 0.717) is 5.41 Å². The van der Waals surface area contributed by atoms with E-state index in [0.717, 1.165) is 44.9 Å². The number of rotatable bonds is 6. The minimum Gasteiger partial charge on any atom is -0.497 e. The van der Waals surface area contributed by atoms with Gasteiger partial charge in [0.1, 0.15) is 5.75 Å². The number of piperidine rings is 1. The molecule has 1 aromatic carbocycles. The van der Waals surface area contributed by atoms with Gasteiger partial charge in [-0.3, -0.25) is 9.80 Å². The lowest BCUT2D eigenvalue weighted by Gasteiger charge is -2.41. The van der Waals surface area contributed by atoms with Gasteiger partial charge in [-0.05, 0) is 55.5 Å². The predicted octanol–water partition coefficient (Wildman–Crippen LogP) is 1.34. The van der Waals surface area contributed by atoms with Crippen LogP contribution in [0.25, 0.3) is 0 Å². The number of nitrogens with zero attached hydrogens (tertiary/aromatic N) is 2. The number of methoxy groups -OCH3 is 1. The summed E-state index contributed by atoms with van der Waals surface area (Å²) in [5, 5.41) is 18.9. The summed E-state index contributed by atoms with van der Waals surface area (Å²) in [4.78, 5) is 4.82.